The molecule has 0 bridgehead atoms. The van der Waals surface area contributed by atoms with Crippen molar-refractivity contribution in [3.8, 4) is 0 Å². The van der Waals surface area contributed by atoms with Gasteiger partial charge in [-0.25, -0.2) is 19.9 Å². The van der Waals surface area contributed by atoms with Gasteiger partial charge in [0, 0.05) is 24.8 Å². The quantitative estimate of drug-likeness (QED) is 0.143. The maximum Gasteiger partial charge on any atom is 2.00 e. The number of nitrogens with two attached hydrogens (primary N) is 4. The Balaban J connectivity index is -0.0000000925. The molecular formula is C36H60N8O12P4Zn4. The van der Waals surface area contributed by atoms with Crippen molar-refractivity contribution in [3.05, 3.63) is 97.6 Å². The molecule has 28 heteroatoms. The SMILES string of the molecule is CC(C)(C)P(=O)([O-])[O-].CC(C)(C)P(=O)([O-])[O-].CC(C)(C)P(=O)([O-])[O-].CC(C)(C)P(=O)([O-])[O-].Nc1ccccn1.Nc1ccccn1.Nc1ccccn1.Nc1ccccn1.[Zn+2].[Zn+2].[Zn+2].[Zn+2]. The largest absolute Gasteiger partial charge is 2.00 e. The van der Waals surface area contributed by atoms with Crippen LogP contribution in [0.2, 0.25) is 0 Å². The second kappa shape index (κ2) is 36.9. The predicted molar refractivity (Wildman–Crippen MR) is 224 cm³/mol. The van der Waals surface area contributed by atoms with Crippen LogP contribution in [0.4, 0.5) is 23.3 Å². The standard InChI is InChI=1S/4C5H6N2.4C4H11O3P.4Zn/c4*6-5-3-1-2-4-7-5;4*1-4(2,3)8(5,6)7;;;;/h4*1-4H,(H2,6,7);4*1-3H3,(H2,5,6,7);;;;/q;;;;;;;;4*+2/p-8. The van der Waals surface area contributed by atoms with E-state index in [1.54, 1.807) is 49.1 Å². The van der Waals surface area contributed by atoms with Crippen LogP contribution >= 0.6 is 30.4 Å². The molecule has 4 aromatic rings. The smallest absolute Gasteiger partial charge is 0.810 e. The first-order chi connectivity index (χ1) is 26.6. The molecule has 0 unspecified atom stereocenters. The molecule has 0 atom stereocenters. The summed E-state index contributed by atoms with van der Waals surface area (Å²) in [6, 6.07) is 21.7. The Morgan fingerprint density at radius 2 is 0.438 bits per heavy atom. The third kappa shape index (κ3) is 48.8. The first-order valence-electron chi connectivity index (χ1n) is 17.3. The summed E-state index contributed by atoms with van der Waals surface area (Å²) in [6.45, 7) is 16.6. The number of hydrogen-bond acceptors (Lipinski definition) is 20. The van der Waals surface area contributed by atoms with Crippen molar-refractivity contribution in [3.63, 3.8) is 0 Å². The van der Waals surface area contributed by atoms with Crippen molar-refractivity contribution < 1.29 is 135 Å². The van der Waals surface area contributed by atoms with Crippen LogP contribution in [0.15, 0.2) is 97.6 Å². The number of nitrogen functional groups attached to an aromatic ring is 4. The number of nitrogens with zero attached hydrogens (tertiary/aromatic N) is 4. The molecule has 0 fully saturated rings. The molecule has 0 aliphatic carbocycles. The molecule has 0 aromatic carbocycles. The molecule has 0 spiro atoms. The molecule has 4 aromatic heterocycles. The van der Waals surface area contributed by atoms with E-state index in [9.17, 15) is 57.4 Å². The summed E-state index contributed by atoms with van der Waals surface area (Å²) < 4.78 is 40.5. The van der Waals surface area contributed by atoms with Gasteiger partial charge in [-0.15, -0.1) is 0 Å². The minimum atomic E-state index is -4.35. The van der Waals surface area contributed by atoms with E-state index >= 15 is 0 Å². The molecule has 64 heavy (non-hydrogen) atoms. The normalized spacial score (nSPS) is 10.8. The van der Waals surface area contributed by atoms with Gasteiger partial charge < -0.3 is 80.3 Å². The van der Waals surface area contributed by atoms with Crippen molar-refractivity contribution in [1.29, 1.82) is 0 Å². The molecule has 0 aliphatic heterocycles. The maximum absolute atomic E-state index is 10.1. The molecule has 344 valence electrons. The Kier molecular flexibility index (Phi) is 46.1. The molecule has 8 N–H and O–H groups in total. The van der Waals surface area contributed by atoms with Crippen LogP contribution < -0.4 is 62.1 Å². The summed E-state index contributed by atoms with van der Waals surface area (Å²) >= 11 is 0. The van der Waals surface area contributed by atoms with Crippen LogP contribution in [-0.2, 0) is 96.2 Å². The summed E-state index contributed by atoms with van der Waals surface area (Å²) in [4.78, 5) is 96.0. The molecule has 20 nitrogen and oxygen atoms in total. The van der Waals surface area contributed by atoms with Gasteiger partial charge in [-0.05, 0) is 69.2 Å². The summed E-state index contributed by atoms with van der Waals surface area (Å²) in [5, 5.41) is -4.47. The van der Waals surface area contributed by atoms with Crippen molar-refractivity contribution >= 4 is 53.7 Å². The molecule has 0 aliphatic rings. The Labute approximate surface area is 429 Å². The van der Waals surface area contributed by atoms with Crippen molar-refractivity contribution in [1.82, 2.24) is 19.9 Å². The van der Waals surface area contributed by atoms with Gasteiger partial charge in [0.15, 0.2) is 0 Å². The topological polar surface area (TPSA) is 408 Å². The molecule has 0 radical (unpaired) electrons. The van der Waals surface area contributed by atoms with Crippen molar-refractivity contribution in [2.75, 3.05) is 22.9 Å². The van der Waals surface area contributed by atoms with E-state index in [-0.39, 0.29) is 77.9 Å². The molecule has 0 amide bonds. The summed E-state index contributed by atoms with van der Waals surface area (Å²) in [5.41, 5.74) is 21.0. The zero-order valence-electron chi connectivity index (χ0n) is 38.9. The number of rotatable bonds is 0. The van der Waals surface area contributed by atoms with E-state index in [2.05, 4.69) is 19.9 Å². The van der Waals surface area contributed by atoms with Gasteiger partial charge in [-0.2, -0.15) is 0 Å². The summed E-state index contributed by atoms with van der Waals surface area (Å²) in [6.07, 6.45) is 6.65. The minimum Gasteiger partial charge on any atom is -0.810 e. The van der Waals surface area contributed by atoms with Crippen molar-refractivity contribution in [2.45, 2.75) is 104 Å². The fourth-order valence-electron chi connectivity index (χ4n) is 1.50. The minimum absolute atomic E-state index is 0. The first-order valence-corrected chi connectivity index (χ1v) is 23.5. The van der Waals surface area contributed by atoms with Crippen molar-refractivity contribution in [2.24, 2.45) is 0 Å². The molecule has 4 heterocycles. The van der Waals surface area contributed by atoms with Gasteiger partial charge in [0.05, 0.1) is 0 Å². The summed E-state index contributed by atoms with van der Waals surface area (Å²) in [7, 11) is -17.4. The Morgan fingerprint density at radius 1 is 0.328 bits per heavy atom. The zero-order valence-corrected chi connectivity index (χ0v) is 54.3. The average molecular weight is 1180 g/mol. The Hall–Kier alpha value is -1.11. The van der Waals surface area contributed by atoms with Gasteiger partial charge in [0.1, 0.15) is 23.3 Å². The van der Waals surface area contributed by atoms with Crippen LogP contribution in [0.25, 0.3) is 0 Å². The Bertz CT molecular complexity index is 1620. The fourth-order valence-corrected chi connectivity index (χ4v) is 1.50. The molecule has 4 rings (SSSR count). The number of hydrogen-bond donors (Lipinski definition) is 4. The third-order valence-corrected chi connectivity index (χ3v) is 12.6. The Morgan fingerprint density at radius 3 is 0.469 bits per heavy atom. The molecule has 0 saturated carbocycles. The van der Waals surface area contributed by atoms with E-state index < -0.39 is 51.0 Å². The van der Waals surface area contributed by atoms with Crippen LogP contribution in [0.3, 0.4) is 0 Å². The van der Waals surface area contributed by atoms with E-state index in [0.29, 0.717) is 23.3 Å². The van der Waals surface area contributed by atoms with Gasteiger partial charge >= 0.3 is 77.9 Å². The fraction of sp³-hybridized carbons (Fsp3) is 0.444. The van der Waals surface area contributed by atoms with Gasteiger partial charge in [0.25, 0.3) is 0 Å². The van der Waals surface area contributed by atoms with Crippen LogP contribution in [-0.4, -0.2) is 40.6 Å². The second-order valence-electron chi connectivity index (χ2n) is 15.7. The monoisotopic (exact) mass is 1180 g/mol. The number of anilines is 4. The number of aromatic nitrogens is 4. The van der Waals surface area contributed by atoms with E-state index in [0.717, 1.165) is 0 Å². The zero-order chi connectivity index (χ0) is 48.5. The molecular weight excluding hydrogens is 1120 g/mol. The van der Waals surface area contributed by atoms with Gasteiger partial charge in [0.2, 0.25) is 0 Å². The van der Waals surface area contributed by atoms with Crippen LogP contribution in [0.5, 0.6) is 0 Å². The predicted octanol–water partition coefficient (Wildman–Crippen LogP) is 1.44. The third-order valence-electron chi connectivity index (χ3n) is 6.04. The van der Waals surface area contributed by atoms with Gasteiger partial charge in [-0.1, -0.05) is 138 Å². The summed E-state index contributed by atoms with van der Waals surface area (Å²) in [5.74, 6) is 2.29. The van der Waals surface area contributed by atoms with Gasteiger partial charge in [-0.3, -0.25) is 0 Å². The molecule has 0 saturated heterocycles. The average Bonchev–Trinajstić information content (AvgIpc) is 3.05. The first kappa shape index (κ1) is 80.0. The van der Waals surface area contributed by atoms with Crippen LogP contribution in [0.1, 0.15) is 83.1 Å². The number of pyridine rings is 4. The van der Waals surface area contributed by atoms with E-state index in [4.69, 9.17) is 22.9 Å². The van der Waals surface area contributed by atoms with E-state index in [1.165, 1.54) is 83.1 Å². The second-order valence-corrected chi connectivity index (χ2v) is 25.0. The van der Waals surface area contributed by atoms with Crippen LogP contribution in [0, 0.1) is 0 Å². The van der Waals surface area contributed by atoms with E-state index in [1.807, 2.05) is 48.5 Å². The maximum atomic E-state index is 10.1.